The summed E-state index contributed by atoms with van der Waals surface area (Å²) in [6.07, 6.45) is 0. The van der Waals surface area contributed by atoms with Crippen LogP contribution in [0.1, 0.15) is 22.3 Å². The Morgan fingerprint density at radius 2 is 1.24 bits per heavy atom. The van der Waals surface area contributed by atoms with Gasteiger partial charge in [-0.2, -0.15) is 0 Å². The lowest BCUT2D eigenvalue weighted by atomic mass is 10.1. The molecule has 3 aromatic carbocycles. The summed E-state index contributed by atoms with van der Waals surface area (Å²) < 4.78 is 2.42. The molecule has 4 rings (SSSR count). The van der Waals surface area contributed by atoms with E-state index in [9.17, 15) is 0 Å². The van der Waals surface area contributed by atoms with Crippen LogP contribution in [0.3, 0.4) is 0 Å². The fraction of sp³-hybridized carbons (Fsp3) is 0.182. The Morgan fingerprint density at radius 1 is 0.680 bits per heavy atom. The minimum atomic E-state index is 0.898. The molecule has 1 aliphatic rings. The molecule has 1 aliphatic heterocycles. The molecule has 0 spiro atoms. The molecule has 3 aromatic rings. The second kappa shape index (κ2) is 7.87. The maximum Gasteiger partial charge on any atom is 0.0351 e. The van der Waals surface area contributed by atoms with Crippen LogP contribution in [0, 0.1) is 0 Å². The molecule has 25 heavy (non-hydrogen) atoms. The Balaban J connectivity index is 1.28. The lowest BCUT2D eigenvalue weighted by molar-refractivity contribution is 0.509. The number of benzene rings is 3. The van der Waals surface area contributed by atoms with Gasteiger partial charge in [0.1, 0.15) is 0 Å². The van der Waals surface area contributed by atoms with Gasteiger partial charge in [-0.15, -0.1) is 0 Å². The maximum atomic E-state index is 3.51. The van der Waals surface area contributed by atoms with Crippen molar-refractivity contribution < 1.29 is 0 Å². The van der Waals surface area contributed by atoms with E-state index in [1.807, 2.05) is 11.9 Å². The van der Waals surface area contributed by atoms with Gasteiger partial charge in [-0.05, 0) is 46.3 Å². The van der Waals surface area contributed by atoms with Gasteiger partial charge in [-0.25, -0.2) is 4.31 Å². The van der Waals surface area contributed by atoms with Crippen molar-refractivity contribution in [2.24, 2.45) is 0 Å². The largest absolute Gasteiger partial charge is 0.309 e. The summed E-state index contributed by atoms with van der Waals surface area (Å²) in [5.74, 6) is 0. The van der Waals surface area contributed by atoms with Gasteiger partial charge in [0.05, 0.1) is 0 Å². The minimum absolute atomic E-state index is 0.898. The summed E-state index contributed by atoms with van der Waals surface area (Å²) in [4.78, 5) is 1.31. The van der Waals surface area contributed by atoms with Crippen molar-refractivity contribution >= 4 is 11.9 Å². The van der Waals surface area contributed by atoms with Gasteiger partial charge >= 0.3 is 0 Å². The molecule has 1 N–H and O–H groups in total. The Labute approximate surface area is 154 Å². The topological polar surface area (TPSA) is 15.3 Å². The number of hydrogen-bond donors (Lipinski definition) is 1. The SMILES string of the molecule is c1ccc(CNCc2ccc(SN3Cc4ccccc4C3)cc2)cc1. The van der Waals surface area contributed by atoms with E-state index in [-0.39, 0.29) is 0 Å². The third-order valence-electron chi connectivity index (χ3n) is 4.47. The normalized spacial score (nSPS) is 13.8. The number of rotatable bonds is 6. The predicted octanol–water partition coefficient (Wildman–Crippen LogP) is 5.00. The smallest absolute Gasteiger partial charge is 0.0351 e. The van der Waals surface area contributed by atoms with Crippen molar-refractivity contribution in [3.05, 3.63) is 101 Å². The summed E-state index contributed by atoms with van der Waals surface area (Å²) in [5.41, 5.74) is 5.56. The quantitative estimate of drug-likeness (QED) is 0.632. The predicted molar refractivity (Wildman–Crippen MR) is 105 cm³/mol. The van der Waals surface area contributed by atoms with Crippen molar-refractivity contribution in [1.82, 2.24) is 9.62 Å². The molecule has 0 saturated heterocycles. The molecule has 0 atom stereocenters. The fourth-order valence-electron chi connectivity index (χ4n) is 3.13. The van der Waals surface area contributed by atoms with Crippen LogP contribution in [0.5, 0.6) is 0 Å². The summed E-state index contributed by atoms with van der Waals surface area (Å²) in [6, 6.07) is 28.2. The number of nitrogens with zero attached hydrogens (tertiary/aromatic N) is 1. The van der Waals surface area contributed by atoms with Crippen molar-refractivity contribution in [3.8, 4) is 0 Å². The first-order valence-electron chi connectivity index (χ1n) is 8.70. The molecular formula is C22H22N2S. The summed E-state index contributed by atoms with van der Waals surface area (Å²) in [5, 5.41) is 3.51. The standard InChI is InChI=1S/C22H22N2S/c1-2-6-18(7-3-1)14-23-15-19-10-12-22(13-11-19)25-24-16-20-8-4-5-9-21(20)17-24/h1-13,23H,14-17H2. The highest BCUT2D eigenvalue weighted by molar-refractivity contribution is 7.97. The van der Waals surface area contributed by atoms with E-state index in [0.29, 0.717) is 0 Å². The molecule has 0 bridgehead atoms. The van der Waals surface area contributed by atoms with Crippen LogP contribution >= 0.6 is 11.9 Å². The lowest BCUT2D eigenvalue weighted by Gasteiger charge is -2.13. The fourth-order valence-corrected chi connectivity index (χ4v) is 4.09. The molecular weight excluding hydrogens is 324 g/mol. The molecule has 126 valence electrons. The number of fused-ring (bicyclic) bond motifs is 1. The molecule has 0 aromatic heterocycles. The van der Waals surface area contributed by atoms with Crippen molar-refractivity contribution in [2.75, 3.05) is 0 Å². The van der Waals surface area contributed by atoms with Crippen LogP contribution in [0.25, 0.3) is 0 Å². The molecule has 0 unspecified atom stereocenters. The summed E-state index contributed by atoms with van der Waals surface area (Å²) >= 11 is 1.85. The first-order chi connectivity index (χ1) is 12.4. The molecule has 1 heterocycles. The van der Waals surface area contributed by atoms with Crippen molar-refractivity contribution in [3.63, 3.8) is 0 Å². The summed E-state index contributed by atoms with van der Waals surface area (Å²) in [6.45, 7) is 3.86. The van der Waals surface area contributed by atoms with Crippen molar-refractivity contribution in [2.45, 2.75) is 31.1 Å². The van der Waals surface area contributed by atoms with Crippen LogP contribution in [-0.2, 0) is 26.2 Å². The minimum Gasteiger partial charge on any atom is -0.309 e. The highest BCUT2D eigenvalue weighted by atomic mass is 32.2. The van der Waals surface area contributed by atoms with Crippen LogP contribution in [0.2, 0.25) is 0 Å². The van der Waals surface area contributed by atoms with E-state index < -0.39 is 0 Å². The van der Waals surface area contributed by atoms with Gasteiger partial charge in [0.2, 0.25) is 0 Å². The third kappa shape index (κ3) is 4.31. The molecule has 0 fully saturated rings. The zero-order chi connectivity index (χ0) is 16.9. The molecule has 0 aliphatic carbocycles. The van der Waals surface area contributed by atoms with Gasteiger partial charge in [0, 0.05) is 31.1 Å². The number of nitrogens with one attached hydrogen (secondary N) is 1. The zero-order valence-corrected chi connectivity index (χ0v) is 15.0. The third-order valence-corrected chi connectivity index (χ3v) is 5.47. The average Bonchev–Trinajstić information content (AvgIpc) is 3.06. The Hall–Kier alpha value is -2.07. The Morgan fingerprint density at radius 3 is 1.88 bits per heavy atom. The molecule has 2 nitrogen and oxygen atoms in total. The van der Waals surface area contributed by atoms with Gasteiger partial charge in [0.15, 0.2) is 0 Å². The monoisotopic (exact) mass is 346 g/mol. The average molecular weight is 346 g/mol. The van der Waals surface area contributed by atoms with Crippen molar-refractivity contribution in [1.29, 1.82) is 0 Å². The van der Waals surface area contributed by atoms with Gasteiger partial charge in [0.25, 0.3) is 0 Å². The highest BCUT2D eigenvalue weighted by Gasteiger charge is 2.18. The molecule has 0 saturated carbocycles. The summed E-state index contributed by atoms with van der Waals surface area (Å²) in [7, 11) is 0. The first kappa shape index (κ1) is 16.4. The van der Waals surface area contributed by atoms with Gasteiger partial charge in [-0.3, -0.25) is 0 Å². The van der Waals surface area contributed by atoms with Crippen LogP contribution in [0.4, 0.5) is 0 Å². The Bertz CT molecular complexity index is 790. The van der Waals surface area contributed by atoms with E-state index >= 15 is 0 Å². The zero-order valence-electron chi connectivity index (χ0n) is 14.2. The Kier molecular flexibility index (Phi) is 5.17. The van der Waals surface area contributed by atoms with E-state index in [2.05, 4.69) is 88.5 Å². The highest BCUT2D eigenvalue weighted by Crippen LogP contribution is 2.32. The molecule has 0 radical (unpaired) electrons. The molecule has 0 amide bonds. The van der Waals surface area contributed by atoms with Gasteiger partial charge < -0.3 is 5.32 Å². The first-order valence-corrected chi connectivity index (χ1v) is 9.47. The van der Waals surface area contributed by atoms with E-state index in [1.54, 1.807) is 0 Å². The maximum absolute atomic E-state index is 3.51. The van der Waals surface area contributed by atoms with E-state index in [0.717, 1.165) is 26.2 Å². The van der Waals surface area contributed by atoms with E-state index in [4.69, 9.17) is 0 Å². The van der Waals surface area contributed by atoms with Gasteiger partial charge in [-0.1, -0.05) is 66.7 Å². The molecule has 3 heteroatoms. The van der Waals surface area contributed by atoms with Crippen LogP contribution < -0.4 is 5.32 Å². The van der Waals surface area contributed by atoms with Crippen LogP contribution in [-0.4, -0.2) is 4.31 Å². The van der Waals surface area contributed by atoms with E-state index in [1.165, 1.54) is 27.1 Å². The lowest BCUT2D eigenvalue weighted by Crippen LogP contribution is -2.12. The second-order valence-corrected chi connectivity index (χ2v) is 7.56. The number of hydrogen-bond acceptors (Lipinski definition) is 3. The second-order valence-electron chi connectivity index (χ2n) is 6.39. The van der Waals surface area contributed by atoms with Crippen LogP contribution in [0.15, 0.2) is 83.8 Å².